The van der Waals surface area contributed by atoms with Gasteiger partial charge < -0.3 is 14.5 Å². The van der Waals surface area contributed by atoms with Gasteiger partial charge in [-0.1, -0.05) is 0 Å². The first-order valence-electron chi connectivity index (χ1n) is 7.65. The van der Waals surface area contributed by atoms with Gasteiger partial charge in [-0.2, -0.15) is 5.26 Å². The van der Waals surface area contributed by atoms with E-state index in [1.165, 1.54) is 12.1 Å². The van der Waals surface area contributed by atoms with Gasteiger partial charge in [0.05, 0.1) is 11.6 Å². The maximum atomic E-state index is 13.6. The van der Waals surface area contributed by atoms with Crippen LogP contribution in [0.3, 0.4) is 0 Å². The summed E-state index contributed by atoms with van der Waals surface area (Å²) in [6.45, 7) is 9.02. The summed E-state index contributed by atoms with van der Waals surface area (Å²) in [6.07, 6.45) is -0.332. The number of hydrogen-bond donors (Lipinski definition) is 0. The quantitative estimate of drug-likeness (QED) is 0.798. The predicted octanol–water partition coefficient (Wildman–Crippen LogP) is 3.14. The molecule has 1 saturated heterocycles. The maximum absolute atomic E-state index is 13.6. The first-order chi connectivity index (χ1) is 10.7. The molecule has 1 aromatic carbocycles. The smallest absolute Gasteiger partial charge is 0.410 e. The lowest BCUT2D eigenvalue weighted by Gasteiger charge is -2.41. The van der Waals surface area contributed by atoms with Gasteiger partial charge in [0.15, 0.2) is 0 Å². The molecule has 1 atom stereocenters. The molecule has 1 amide bonds. The third kappa shape index (κ3) is 4.35. The van der Waals surface area contributed by atoms with Gasteiger partial charge in [0, 0.05) is 31.4 Å². The Hall–Kier alpha value is -2.29. The van der Waals surface area contributed by atoms with Crippen LogP contribution in [0.5, 0.6) is 0 Å². The summed E-state index contributed by atoms with van der Waals surface area (Å²) in [5, 5.41) is 8.97. The summed E-state index contributed by atoms with van der Waals surface area (Å²) in [5.41, 5.74) is 0.432. The molecule has 0 spiro atoms. The summed E-state index contributed by atoms with van der Waals surface area (Å²) in [4.78, 5) is 15.8. The van der Waals surface area contributed by atoms with Crippen LogP contribution in [0.15, 0.2) is 18.2 Å². The summed E-state index contributed by atoms with van der Waals surface area (Å²) in [7, 11) is 0. The van der Waals surface area contributed by atoms with Crippen molar-refractivity contribution in [3.05, 3.63) is 29.6 Å². The fourth-order valence-electron chi connectivity index (χ4n) is 2.64. The van der Waals surface area contributed by atoms with Gasteiger partial charge in [0.1, 0.15) is 11.4 Å². The first-order valence-corrected chi connectivity index (χ1v) is 7.65. The van der Waals surface area contributed by atoms with Crippen LogP contribution in [0.1, 0.15) is 33.3 Å². The largest absolute Gasteiger partial charge is 0.444 e. The van der Waals surface area contributed by atoms with Crippen LogP contribution >= 0.6 is 0 Å². The van der Waals surface area contributed by atoms with Crippen molar-refractivity contribution in [2.45, 2.75) is 39.3 Å². The van der Waals surface area contributed by atoms with E-state index in [1.807, 2.05) is 38.7 Å². The van der Waals surface area contributed by atoms with E-state index < -0.39 is 11.4 Å². The first kappa shape index (κ1) is 17.1. The molecule has 0 aliphatic carbocycles. The molecule has 1 heterocycles. The minimum atomic E-state index is -0.526. The Bertz CT molecular complexity index is 634. The Morgan fingerprint density at radius 3 is 2.61 bits per heavy atom. The number of carbonyl (C=O) groups excluding carboxylic acids is 1. The molecule has 6 heteroatoms. The van der Waals surface area contributed by atoms with Crippen molar-refractivity contribution >= 4 is 11.8 Å². The fraction of sp³-hybridized carbons (Fsp3) is 0.529. The number of anilines is 1. The van der Waals surface area contributed by atoms with Crippen molar-refractivity contribution in [2.24, 2.45) is 0 Å². The van der Waals surface area contributed by atoms with Crippen molar-refractivity contribution in [1.82, 2.24) is 4.90 Å². The zero-order valence-electron chi connectivity index (χ0n) is 14.0. The summed E-state index contributed by atoms with van der Waals surface area (Å²) in [5.74, 6) is -0.430. The highest BCUT2D eigenvalue weighted by molar-refractivity contribution is 5.69. The Morgan fingerprint density at radius 2 is 2.04 bits per heavy atom. The molecule has 0 saturated carbocycles. The molecule has 5 nitrogen and oxygen atoms in total. The molecular formula is C17H22FN3O2. The van der Waals surface area contributed by atoms with Gasteiger partial charge in [0.25, 0.3) is 0 Å². The monoisotopic (exact) mass is 319 g/mol. The van der Waals surface area contributed by atoms with E-state index in [0.29, 0.717) is 30.9 Å². The molecular weight excluding hydrogens is 297 g/mol. The summed E-state index contributed by atoms with van der Waals surface area (Å²) in [6, 6.07) is 6.27. The normalized spacial score (nSPS) is 18.5. The van der Waals surface area contributed by atoms with Crippen LogP contribution in [0.2, 0.25) is 0 Å². The number of amides is 1. The standard InChI is InChI=1S/C17H22FN3O2/c1-12-11-20(16(22)23-17(2,3)4)5-6-21(12)15-8-13(10-19)7-14(18)9-15/h7-9,12H,5-6,11H2,1-4H3. The molecule has 124 valence electrons. The van der Waals surface area contributed by atoms with E-state index in [9.17, 15) is 9.18 Å². The molecule has 1 unspecified atom stereocenters. The third-order valence-electron chi connectivity index (χ3n) is 3.62. The Morgan fingerprint density at radius 1 is 1.35 bits per heavy atom. The second-order valence-electron chi connectivity index (χ2n) is 6.78. The molecule has 1 aliphatic heterocycles. The van der Waals surface area contributed by atoms with Gasteiger partial charge >= 0.3 is 6.09 Å². The number of nitriles is 1. The van der Waals surface area contributed by atoms with E-state index in [-0.39, 0.29) is 12.1 Å². The molecule has 2 rings (SSSR count). The number of piperazine rings is 1. The van der Waals surface area contributed by atoms with Crippen molar-refractivity contribution in [2.75, 3.05) is 24.5 Å². The zero-order valence-corrected chi connectivity index (χ0v) is 14.0. The van der Waals surface area contributed by atoms with E-state index >= 15 is 0 Å². The maximum Gasteiger partial charge on any atom is 0.410 e. The van der Waals surface area contributed by atoms with Crippen LogP contribution in [-0.4, -0.2) is 42.3 Å². The Labute approximate surface area is 136 Å². The summed E-state index contributed by atoms with van der Waals surface area (Å²) >= 11 is 0. The van der Waals surface area contributed by atoms with Crippen LogP contribution in [-0.2, 0) is 4.74 Å². The molecule has 0 radical (unpaired) electrons. The Balaban J connectivity index is 2.09. The highest BCUT2D eigenvalue weighted by atomic mass is 19.1. The average Bonchev–Trinajstić information content (AvgIpc) is 2.44. The van der Waals surface area contributed by atoms with Crippen molar-refractivity contribution in [1.29, 1.82) is 5.26 Å². The number of ether oxygens (including phenoxy) is 1. The number of benzene rings is 1. The second-order valence-corrected chi connectivity index (χ2v) is 6.78. The lowest BCUT2D eigenvalue weighted by molar-refractivity contribution is 0.0219. The highest BCUT2D eigenvalue weighted by Gasteiger charge is 2.30. The van der Waals surface area contributed by atoms with Gasteiger partial charge in [-0.15, -0.1) is 0 Å². The van der Waals surface area contributed by atoms with Crippen molar-refractivity contribution in [3.63, 3.8) is 0 Å². The van der Waals surface area contributed by atoms with Crippen LogP contribution < -0.4 is 4.90 Å². The zero-order chi connectivity index (χ0) is 17.2. The van der Waals surface area contributed by atoms with Crippen molar-refractivity contribution < 1.29 is 13.9 Å². The molecule has 0 aromatic heterocycles. The van der Waals surface area contributed by atoms with Crippen LogP contribution in [0, 0.1) is 17.1 Å². The van der Waals surface area contributed by atoms with Gasteiger partial charge in [-0.3, -0.25) is 0 Å². The average molecular weight is 319 g/mol. The molecule has 0 N–H and O–H groups in total. The third-order valence-corrected chi connectivity index (χ3v) is 3.62. The van der Waals surface area contributed by atoms with Gasteiger partial charge in [-0.25, -0.2) is 9.18 Å². The van der Waals surface area contributed by atoms with Crippen LogP contribution in [0.25, 0.3) is 0 Å². The predicted molar refractivity (Wildman–Crippen MR) is 85.7 cm³/mol. The minimum absolute atomic E-state index is 0.00427. The fourth-order valence-corrected chi connectivity index (χ4v) is 2.64. The number of hydrogen-bond acceptors (Lipinski definition) is 4. The molecule has 1 aromatic rings. The van der Waals surface area contributed by atoms with Gasteiger partial charge in [-0.05, 0) is 45.9 Å². The topological polar surface area (TPSA) is 56.6 Å². The molecule has 23 heavy (non-hydrogen) atoms. The lowest BCUT2D eigenvalue weighted by atomic mass is 10.1. The molecule has 0 bridgehead atoms. The summed E-state index contributed by atoms with van der Waals surface area (Å²) < 4.78 is 19.0. The SMILES string of the molecule is CC1CN(C(=O)OC(C)(C)C)CCN1c1cc(F)cc(C#N)c1. The number of carbonyl (C=O) groups is 1. The van der Waals surface area contributed by atoms with Crippen molar-refractivity contribution in [3.8, 4) is 6.07 Å². The van der Waals surface area contributed by atoms with E-state index in [1.54, 1.807) is 11.0 Å². The van der Waals surface area contributed by atoms with Gasteiger partial charge in [0.2, 0.25) is 0 Å². The highest BCUT2D eigenvalue weighted by Crippen LogP contribution is 2.24. The minimum Gasteiger partial charge on any atom is -0.444 e. The van der Waals surface area contributed by atoms with E-state index in [0.717, 1.165) is 0 Å². The van der Waals surface area contributed by atoms with Crippen LogP contribution in [0.4, 0.5) is 14.9 Å². The van der Waals surface area contributed by atoms with E-state index in [4.69, 9.17) is 10.00 Å². The van der Waals surface area contributed by atoms with E-state index in [2.05, 4.69) is 0 Å². The number of rotatable bonds is 1. The number of nitrogens with zero attached hydrogens (tertiary/aromatic N) is 3. The Kier molecular flexibility index (Phi) is 4.79. The second kappa shape index (κ2) is 6.45. The number of halogens is 1. The lowest BCUT2D eigenvalue weighted by Crippen LogP contribution is -2.54. The molecule has 1 fully saturated rings. The molecule has 1 aliphatic rings.